The van der Waals surface area contributed by atoms with E-state index in [0.29, 0.717) is 12.0 Å². The first-order valence-electron chi connectivity index (χ1n) is 9.26. The van der Waals surface area contributed by atoms with E-state index in [-0.39, 0.29) is 24.0 Å². The predicted molar refractivity (Wildman–Crippen MR) is 117 cm³/mol. The zero-order valence-corrected chi connectivity index (χ0v) is 18.2. The Labute approximate surface area is 177 Å². The van der Waals surface area contributed by atoms with Gasteiger partial charge < -0.3 is 19.9 Å². The highest BCUT2D eigenvalue weighted by molar-refractivity contribution is 14.0. The van der Waals surface area contributed by atoms with Crippen LogP contribution in [0.4, 0.5) is 0 Å². The highest BCUT2D eigenvalue weighted by atomic mass is 127. The van der Waals surface area contributed by atoms with Gasteiger partial charge in [-0.2, -0.15) is 4.98 Å². The van der Waals surface area contributed by atoms with E-state index in [9.17, 15) is 0 Å². The lowest BCUT2D eigenvalue weighted by atomic mass is 10.1. The van der Waals surface area contributed by atoms with Crippen LogP contribution in [-0.4, -0.2) is 48.9 Å². The third-order valence-electron chi connectivity index (χ3n) is 4.44. The third kappa shape index (κ3) is 6.46. The van der Waals surface area contributed by atoms with E-state index in [1.165, 1.54) is 5.56 Å². The molecule has 3 rings (SSSR count). The molecule has 0 amide bonds. The van der Waals surface area contributed by atoms with E-state index in [2.05, 4.69) is 37.9 Å². The molecule has 7 nitrogen and oxygen atoms in total. The first-order valence-corrected chi connectivity index (χ1v) is 9.26. The van der Waals surface area contributed by atoms with Gasteiger partial charge in [-0.15, -0.1) is 24.0 Å². The Kier molecular flexibility index (Phi) is 8.99. The van der Waals surface area contributed by atoms with Crippen molar-refractivity contribution in [1.82, 2.24) is 20.8 Å². The van der Waals surface area contributed by atoms with Crippen LogP contribution >= 0.6 is 24.0 Å². The average Bonchev–Trinajstić information content (AvgIpc) is 3.36. The van der Waals surface area contributed by atoms with Gasteiger partial charge in [-0.1, -0.05) is 24.2 Å². The zero-order valence-electron chi connectivity index (χ0n) is 15.9. The molecule has 1 aliphatic rings. The largest absolute Gasteiger partial charge is 0.376 e. The molecule has 2 N–H and O–H groups in total. The van der Waals surface area contributed by atoms with Gasteiger partial charge >= 0.3 is 0 Å². The monoisotopic (exact) mass is 485 g/mol. The van der Waals surface area contributed by atoms with Crippen molar-refractivity contribution >= 4 is 29.9 Å². The summed E-state index contributed by atoms with van der Waals surface area (Å²) in [5.41, 5.74) is 2.19. The molecule has 2 heterocycles. The number of nitrogens with zero attached hydrogens (tertiary/aromatic N) is 3. The summed E-state index contributed by atoms with van der Waals surface area (Å²) in [7, 11) is 1.79. The first-order chi connectivity index (χ1) is 12.8. The molecule has 1 aromatic heterocycles. The molecule has 1 atom stereocenters. The molecule has 148 valence electrons. The van der Waals surface area contributed by atoms with Gasteiger partial charge in [-0.3, -0.25) is 4.99 Å². The third-order valence-corrected chi connectivity index (χ3v) is 4.44. The Morgan fingerprint density at radius 3 is 2.70 bits per heavy atom. The topological polar surface area (TPSA) is 84.6 Å². The van der Waals surface area contributed by atoms with E-state index >= 15 is 0 Å². The molecule has 1 aliphatic heterocycles. The highest BCUT2D eigenvalue weighted by Crippen LogP contribution is 2.18. The van der Waals surface area contributed by atoms with Crippen LogP contribution in [0.1, 0.15) is 31.2 Å². The summed E-state index contributed by atoms with van der Waals surface area (Å²) in [6.07, 6.45) is 4.26. The number of hydrogen-bond donors (Lipinski definition) is 2. The molecular formula is C19H28IN5O2. The van der Waals surface area contributed by atoms with E-state index in [1.807, 2.05) is 19.1 Å². The van der Waals surface area contributed by atoms with Crippen molar-refractivity contribution in [3.8, 4) is 11.5 Å². The summed E-state index contributed by atoms with van der Waals surface area (Å²) in [4.78, 5) is 8.61. The maximum Gasteiger partial charge on any atom is 0.257 e. The van der Waals surface area contributed by atoms with Crippen LogP contribution in [0.15, 0.2) is 33.8 Å². The van der Waals surface area contributed by atoms with Gasteiger partial charge in [0.2, 0.25) is 0 Å². The smallest absolute Gasteiger partial charge is 0.257 e. The number of hydrogen-bond acceptors (Lipinski definition) is 5. The van der Waals surface area contributed by atoms with Crippen LogP contribution in [0.5, 0.6) is 0 Å². The predicted octanol–water partition coefficient (Wildman–Crippen LogP) is 2.80. The average molecular weight is 485 g/mol. The number of benzene rings is 1. The number of aliphatic imine (C=N–C) groups is 1. The van der Waals surface area contributed by atoms with Crippen molar-refractivity contribution in [3.05, 3.63) is 35.7 Å². The molecule has 27 heavy (non-hydrogen) atoms. The molecule has 1 aromatic carbocycles. The van der Waals surface area contributed by atoms with Crippen molar-refractivity contribution in [2.45, 2.75) is 38.7 Å². The first kappa shape index (κ1) is 21.6. The molecule has 1 fully saturated rings. The van der Waals surface area contributed by atoms with Crippen LogP contribution in [0, 0.1) is 0 Å². The quantitative estimate of drug-likeness (QED) is 0.357. The molecule has 0 spiro atoms. The van der Waals surface area contributed by atoms with Crippen molar-refractivity contribution in [2.24, 2.45) is 4.99 Å². The van der Waals surface area contributed by atoms with E-state index in [1.54, 1.807) is 7.05 Å². The van der Waals surface area contributed by atoms with Gasteiger partial charge in [-0.25, -0.2) is 0 Å². The Hall–Kier alpha value is -1.68. The van der Waals surface area contributed by atoms with Crippen LogP contribution in [0.25, 0.3) is 11.5 Å². The lowest BCUT2D eigenvalue weighted by molar-refractivity contribution is 0.114. The van der Waals surface area contributed by atoms with E-state index in [4.69, 9.17) is 9.26 Å². The van der Waals surface area contributed by atoms with Gasteiger partial charge in [0.1, 0.15) is 0 Å². The van der Waals surface area contributed by atoms with Crippen molar-refractivity contribution in [3.63, 3.8) is 0 Å². The maximum atomic E-state index is 5.62. The van der Waals surface area contributed by atoms with Crippen LogP contribution in [0.2, 0.25) is 0 Å². The summed E-state index contributed by atoms with van der Waals surface area (Å²) in [6, 6.07) is 8.23. The molecule has 8 heteroatoms. The molecule has 1 unspecified atom stereocenters. The number of aryl methyl sites for hydroxylation is 1. The highest BCUT2D eigenvalue weighted by Gasteiger charge is 2.15. The molecule has 0 saturated carbocycles. The standard InChI is InChI=1S/C19H27N5O2.HI/c1-3-17-23-18(26-24-17)15-8-6-14(7-9-15)10-11-21-19(20-2)22-13-16-5-4-12-25-16;/h6-9,16H,3-5,10-13H2,1-2H3,(H2,20,21,22);1H. The minimum Gasteiger partial charge on any atom is -0.376 e. The number of nitrogens with one attached hydrogen (secondary N) is 2. The van der Waals surface area contributed by atoms with Crippen LogP contribution in [-0.2, 0) is 17.6 Å². The summed E-state index contributed by atoms with van der Waals surface area (Å²) < 4.78 is 10.9. The molecule has 2 aromatic rings. The fourth-order valence-corrected chi connectivity index (χ4v) is 2.89. The fraction of sp³-hybridized carbons (Fsp3) is 0.526. The van der Waals surface area contributed by atoms with Crippen molar-refractivity contribution in [1.29, 1.82) is 0 Å². The van der Waals surface area contributed by atoms with E-state index in [0.717, 1.165) is 62.7 Å². The number of aromatic nitrogens is 2. The maximum absolute atomic E-state index is 5.62. The molecule has 0 bridgehead atoms. The number of guanidine groups is 1. The fourth-order valence-electron chi connectivity index (χ4n) is 2.89. The van der Waals surface area contributed by atoms with Crippen molar-refractivity contribution < 1.29 is 9.26 Å². The Balaban J connectivity index is 0.00000261. The van der Waals surface area contributed by atoms with E-state index < -0.39 is 0 Å². The zero-order chi connectivity index (χ0) is 18.2. The lowest BCUT2D eigenvalue weighted by Gasteiger charge is -2.15. The minimum atomic E-state index is 0. The summed E-state index contributed by atoms with van der Waals surface area (Å²) in [5.74, 6) is 2.12. The Bertz CT molecular complexity index is 711. The molecular weight excluding hydrogens is 457 g/mol. The Morgan fingerprint density at radius 1 is 1.26 bits per heavy atom. The second-order valence-electron chi connectivity index (χ2n) is 6.33. The number of ether oxygens (including phenoxy) is 1. The van der Waals surface area contributed by atoms with Gasteiger partial charge in [0.05, 0.1) is 6.10 Å². The summed E-state index contributed by atoms with van der Waals surface area (Å²) in [6.45, 7) is 4.50. The normalized spacial score (nSPS) is 16.8. The summed E-state index contributed by atoms with van der Waals surface area (Å²) in [5, 5.41) is 10.6. The van der Waals surface area contributed by atoms with Gasteiger partial charge in [0.25, 0.3) is 5.89 Å². The van der Waals surface area contributed by atoms with Crippen LogP contribution in [0.3, 0.4) is 0 Å². The SMILES string of the molecule is CCc1noc(-c2ccc(CCNC(=NC)NCC3CCCO3)cc2)n1.I. The van der Waals surface area contributed by atoms with Gasteiger partial charge in [-0.05, 0) is 37.0 Å². The second kappa shape index (κ2) is 11.2. The number of halogens is 1. The molecule has 1 saturated heterocycles. The second-order valence-corrected chi connectivity index (χ2v) is 6.33. The minimum absolute atomic E-state index is 0. The van der Waals surface area contributed by atoms with Gasteiger partial charge in [0, 0.05) is 38.7 Å². The van der Waals surface area contributed by atoms with Gasteiger partial charge in [0.15, 0.2) is 11.8 Å². The van der Waals surface area contributed by atoms with Crippen molar-refractivity contribution in [2.75, 3.05) is 26.7 Å². The summed E-state index contributed by atoms with van der Waals surface area (Å²) >= 11 is 0. The molecule has 0 aliphatic carbocycles. The lowest BCUT2D eigenvalue weighted by Crippen LogP contribution is -2.41. The molecule has 0 radical (unpaired) electrons. The number of rotatable bonds is 7. The van der Waals surface area contributed by atoms with Crippen LogP contribution < -0.4 is 10.6 Å². The Morgan fingerprint density at radius 2 is 2.07 bits per heavy atom.